The predicted octanol–water partition coefficient (Wildman–Crippen LogP) is 1.68. The minimum absolute atomic E-state index is 0.401. The lowest BCUT2D eigenvalue weighted by Gasteiger charge is -2.19. The summed E-state index contributed by atoms with van der Waals surface area (Å²) in [6.07, 6.45) is 3.50. The number of ether oxygens (including phenoxy) is 1. The molecule has 0 saturated heterocycles. The highest BCUT2D eigenvalue weighted by molar-refractivity contribution is 5.85. The van der Waals surface area contributed by atoms with Crippen molar-refractivity contribution in [3.63, 3.8) is 0 Å². The fourth-order valence-corrected chi connectivity index (χ4v) is 1.71. The fourth-order valence-electron chi connectivity index (χ4n) is 1.71. The van der Waals surface area contributed by atoms with Crippen LogP contribution in [0.1, 0.15) is 27.2 Å². The molecule has 0 aliphatic heterocycles. The maximum Gasteiger partial charge on any atom is 0.407 e. The highest BCUT2D eigenvalue weighted by Crippen LogP contribution is 2.15. The van der Waals surface area contributed by atoms with E-state index < -0.39 is 11.7 Å². The SMILES string of the molecule is CC(C)(C)OC(=O)NCCCNc1ncnc2[nH]ncc12. The molecule has 0 radical (unpaired) electrons. The largest absolute Gasteiger partial charge is 0.444 e. The number of nitrogens with one attached hydrogen (secondary N) is 3. The molecule has 0 bridgehead atoms. The standard InChI is InChI=1S/C13H20N6O2/c1-13(2,3)21-12(20)15-6-4-5-14-10-9-7-18-19-11(9)17-8-16-10/h7-8H,4-6H2,1-3H3,(H,15,20)(H2,14,16,17,18,19). The van der Waals surface area contributed by atoms with Gasteiger partial charge in [0.25, 0.3) is 0 Å². The first-order valence-corrected chi connectivity index (χ1v) is 6.80. The van der Waals surface area contributed by atoms with E-state index in [9.17, 15) is 4.79 Å². The molecule has 2 rings (SSSR count). The number of fused-ring (bicyclic) bond motifs is 1. The number of carbonyl (C=O) groups is 1. The lowest BCUT2D eigenvalue weighted by atomic mass is 10.2. The molecule has 3 N–H and O–H groups in total. The van der Waals surface area contributed by atoms with Crippen molar-refractivity contribution in [2.45, 2.75) is 32.8 Å². The Morgan fingerprint density at radius 3 is 2.90 bits per heavy atom. The van der Waals surface area contributed by atoms with Gasteiger partial charge >= 0.3 is 6.09 Å². The van der Waals surface area contributed by atoms with Gasteiger partial charge in [-0.3, -0.25) is 5.10 Å². The van der Waals surface area contributed by atoms with Crippen LogP contribution in [0.2, 0.25) is 0 Å². The molecule has 1 amide bonds. The van der Waals surface area contributed by atoms with E-state index in [1.54, 1.807) is 6.20 Å². The van der Waals surface area contributed by atoms with Crippen LogP contribution >= 0.6 is 0 Å². The van der Waals surface area contributed by atoms with E-state index in [0.717, 1.165) is 17.6 Å². The van der Waals surface area contributed by atoms with Crippen molar-refractivity contribution >= 4 is 22.9 Å². The summed E-state index contributed by atoms with van der Waals surface area (Å²) in [7, 11) is 0. The molecule has 0 spiro atoms. The van der Waals surface area contributed by atoms with Gasteiger partial charge in [0.05, 0.1) is 11.6 Å². The molecule has 21 heavy (non-hydrogen) atoms. The molecule has 114 valence electrons. The Hall–Kier alpha value is -2.38. The van der Waals surface area contributed by atoms with Crippen LogP contribution in [0.25, 0.3) is 11.0 Å². The van der Waals surface area contributed by atoms with Gasteiger partial charge < -0.3 is 15.4 Å². The van der Waals surface area contributed by atoms with Gasteiger partial charge in [0.15, 0.2) is 5.65 Å². The van der Waals surface area contributed by atoms with Gasteiger partial charge in [-0.15, -0.1) is 0 Å². The molecule has 0 atom stereocenters. The first kappa shape index (κ1) is 15.0. The summed E-state index contributed by atoms with van der Waals surface area (Å²) in [5.41, 5.74) is 0.218. The summed E-state index contributed by atoms with van der Waals surface area (Å²) in [4.78, 5) is 19.7. The van der Waals surface area contributed by atoms with E-state index in [4.69, 9.17) is 4.74 Å². The van der Waals surface area contributed by atoms with Crippen LogP contribution in [-0.4, -0.2) is 44.9 Å². The Morgan fingerprint density at radius 1 is 1.33 bits per heavy atom. The maximum absolute atomic E-state index is 11.4. The molecule has 0 unspecified atom stereocenters. The quantitative estimate of drug-likeness (QED) is 0.724. The summed E-state index contributed by atoms with van der Waals surface area (Å²) in [6, 6.07) is 0. The fraction of sp³-hybridized carbons (Fsp3) is 0.538. The zero-order chi connectivity index (χ0) is 15.3. The lowest BCUT2D eigenvalue weighted by molar-refractivity contribution is 0.0528. The Kier molecular flexibility index (Phi) is 4.56. The Morgan fingerprint density at radius 2 is 2.14 bits per heavy atom. The minimum Gasteiger partial charge on any atom is -0.444 e. The number of hydrogen-bond acceptors (Lipinski definition) is 6. The van der Waals surface area contributed by atoms with Crippen LogP contribution in [0, 0.1) is 0 Å². The van der Waals surface area contributed by atoms with Gasteiger partial charge in [0.1, 0.15) is 17.7 Å². The third kappa shape index (κ3) is 4.59. The van der Waals surface area contributed by atoms with Crippen molar-refractivity contribution in [1.29, 1.82) is 0 Å². The number of amides is 1. The number of nitrogens with zero attached hydrogens (tertiary/aromatic N) is 3. The smallest absolute Gasteiger partial charge is 0.407 e. The van der Waals surface area contributed by atoms with Crippen LogP contribution in [0.15, 0.2) is 12.5 Å². The molecule has 8 heteroatoms. The van der Waals surface area contributed by atoms with Crippen molar-refractivity contribution in [3.8, 4) is 0 Å². The lowest BCUT2D eigenvalue weighted by Crippen LogP contribution is -2.33. The van der Waals surface area contributed by atoms with E-state index >= 15 is 0 Å². The number of H-pyrrole nitrogens is 1. The van der Waals surface area contributed by atoms with Crippen LogP contribution in [-0.2, 0) is 4.74 Å². The molecule has 2 heterocycles. The van der Waals surface area contributed by atoms with Crippen molar-refractivity contribution < 1.29 is 9.53 Å². The molecule has 0 aliphatic rings. The number of anilines is 1. The van der Waals surface area contributed by atoms with Gasteiger partial charge in [-0.2, -0.15) is 5.10 Å². The monoisotopic (exact) mass is 292 g/mol. The normalized spacial score (nSPS) is 11.4. The Labute approximate surface area is 122 Å². The molecule has 8 nitrogen and oxygen atoms in total. The topological polar surface area (TPSA) is 105 Å². The summed E-state index contributed by atoms with van der Waals surface area (Å²) in [5.74, 6) is 0.728. The van der Waals surface area contributed by atoms with E-state index in [1.165, 1.54) is 6.33 Å². The molecule has 0 aliphatic carbocycles. The molecule has 2 aromatic rings. The summed E-state index contributed by atoms with van der Waals surface area (Å²) < 4.78 is 5.15. The van der Waals surface area contributed by atoms with Crippen LogP contribution < -0.4 is 10.6 Å². The number of hydrogen-bond donors (Lipinski definition) is 3. The third-order valence-electron chi connectivity index (χ3n) is 2.56. The van der Waals surface area contributed by atoms with Gasteiger partial charge in [0.2, 0.25) is 0 Å². The number of alkyl carbamates (subject to hydrolysis) is 1. The van der Waals surface area contributed by atoms with Crippen molar-refractivity contribution in [3.05, 3.63) is 12.5 Å². The minimum atomic E-state index is -0.476. The van der Waals surface area contributed by atoms with E-state index in [1.807, 2.05) is 20.8 Å². The van der Waals surface area contributed by atoms with E-state index in [2.05, 4.69) is 30.8 Å². The molecular formula is C13H20N6O2. The van der Waals surface area contributed by atoms with Gasteiger partial charge in [-0.05, 0) is 27.2 Å². The third-order valence-corrected chi connectivity index (χ3v) is 2.56. The summed E-state index contributed by atoms with van der Waals surface area (Å²) >= 11 is 0. The van der Waals surface area contributed by atoms with Crippen molar-refractivity contribution in [2.75, 3.05) is 18.4 Å². The Balaban J connectivity index is 1.71. The second-order valence-electron chi connectivity index (χ2n) is 5.56. The summed E-state index contributed by atoms with van der Waals surface area (Å²) in [6.45, 7) is 6.70. The molecule has 0 fully saturated rings. The van der Waals surface area contributed by atoms with E-state index in [0.29, 0.717) is 18.7 Å². The first-order valence-electron chi connectivity index (χ1n) is 6.80. The zero-order valence-corrected chi connectivity index (χ0v) is 12.4. The van der Waals surface area contributed by atoms with E-state index in [-0.39, 0.29) is 0 Å². The van der Waals surface area contributed by atoms with Crippen molar-refractivity contribution in [1.82, 2.24) is 25.5 Å². The van der Waals surface area contributed by atoms with Gasteiger partial charge in [0, 0.05) is 13.1 Å². The number of carbonyl (C=O) groups excluding carboxylic acids is 1. The number of aromatic amines is 1. The Bertz CT molecular complexity index is 604. The molecule has 0 aromatic carbocycles. The maximum atomic E-state index is 11.4. The molecular weight excluding hydrogens is 272 g/mol. The first-order chi connectivity index (χ1) is 9.96. The second kappa shape index (κ2) is 6.38. The number of aromatic nitrogens is 4. The highest BCUT2D eigenvalue weighted by Gasteiger charge is 2.15. The van der Waals surface area contributed by atoms with Gasteiger partial charge in [-0.1, -0.05) is 0 Å². The average Bonchev–Trinajstić information content (AvgIpc) is 2.85. The predicted molar refractivity (Wildman–Crippen MR) is 79.0 cm³/mol. The van der Waals surface area contributed by atoms with Crippen molar-refractivity contribution in [2.24, 2.45) is 0 Å². The van der Waals surface area contributed by atoms with Gasteiger partial charge in [-0.25, -0.2) is 14.8 Å². The molecule has 0 saturated carbocycles. The zero-order valence-electron chi connectivity index (χ0n) is 12.4. The molecule has 2 aromatic heterocycles. The summed E-state index contributed by atoms with van der Waals surface area (Å²) in [5, 5.41) is 13.4. The average molecular weight is 292 g/mol. The highest BCUT2D eigenvalue weighted by atomic mass is 16.6. The van der Waals surface area contributed by atoms with Crippen LogP contribution in [0.3, 0.4) is 0 Å². The van der Waals surface area contributed by atoms with Crippen LogP contribution in [0.4, 0.5) is 10.6 Å². The number of rotatable bonds is 5. The second-order valence-corrected chi connectivity index (χ2v) is 5.56. The van der Waals surface area contributed by atoms with Crippen LogP contribution in [0.5, 0.6) is 0 Å².